The van der Waals surface area contributed by atoms with Crippen molar-refractivity contribution in [3.8, 4) is 0 Å². The van der Waals surface area contributed by atoms with Gasteiger partial charge in [0.2, 0.25) is 0 Å². The molecule has 0 aromatic rings. The quantitative estimate of drug-likeness (QED) is 0.498. The Hall–Kier alpha value is -0.0400. The highest BCUT2D eigenvalue weighted by Gasteiger charge is 2.64. The molecule has 1 heterocycles. The van der Waals surface area contributed by atoms with Crippen LogP contribution < -0.4 is 0 Å². The van der Waals surface area contributed by atoms with Crippen LogP contribution in [-0.2, 0) is 4.74 Å². The van der Waals surface area contributed by atoms with Crippen LogP contribution in [0.3, 0.4) is 0 Å². The van der Waals surface area contributed by atoms with Gasteiger partial charge < -0.3 is 4.74 Å². The fourth-order valence-electron chi connectivity index (χ4n) is 2.41. The van der Waals surface area contributed by atoms with Crippen molar-refractivity contribution in [1.82, 2.24) is 0 Å². The zero-order chi connectivity index (χ0) is 6.82. The molecule has 2 aliphatic carbocycles. The zero-order valence-corrected chi connectivity index (χ0v) is 6.52. The van der Waals surface area contributed by atoms with Crippen molar-refractivity contribution < 1.29 is 4.74 Å². The summed E-state index contributed by atoms with van der Waals surface area (Å²) in [5.74, 6) is 0.868. The molecular formula is C9H14O. The lowest BCUT2D eigenvalue weighted by molar-refractivity contribution is 0.00322. The summed E-state index contributed by atoms with van der Waals surface area (Å²) in [6, 6.07) is 0. The molecule has 3 fully saturated rings. The van der Waals surface area contributed by atoms with E-state index in [2.05, 4.69) is 6.92 Å². The van der Waals surface area contributed by atoms with Gasteiger partial charge in [0, 0.05) is 0 Å². The van der Waals surface area contributed by atoms with Crippen molar-refractivity contribution in [3.05, 3.63) is 0 Å². The number of ether oxygens (including phenoxy) is 1. The van der Waals surface area contributed by atoms with Crippen molar-refractivity contribution in [2.45, 2.75) is 50.2 Å². The maximum Gasteiger partial charge on any atom is 0.0721 e. The summed E-state index contributed by atoms with van der Waals surface area (Å²) in [7, 11) is 0. The molecule has 0 bridgehead atoms. The van der Waals surface area contributed by atoms with Crippen molar-refractivity contribution in [1.29, 1.82) is 0 Å². The SMILES string of the molecule is CC1CC12CCC1(CC1)O2. The van der Waals surface area contributed by atoms with Crippen LogP contribution in [0.2, 0.25) is 0 Å². The summed E-state index contributed by atoms with van der Waals surface area (Å²) in [5.41, 5.74) is 0.821. The van der Waals surface area contributed by atoms with Gasteiger partial charge in [0.25, 0.3) is 0 Å². The van der Waals surface area contributed by atoms with E-state index in [9.17, 15) is 0 Å². The normalized spacial score (nSPS) is 54.3. The highest BCUT2D eigenvalue weighted by molar-refractivity contribution is 5.14. The summed E-state index contributed by atoms with van der Waals surface area (Å²) in [6.45, 7) is 2.32. The first-order valence-electron chi connectivity index (χ1n) is 4.45. The highest BCUT2D eigenvalue weighted by atomic mass is 16.5. The molecule has 1 saturated heterocycles. The molecule has 2 spiro atoms. The van der Waals surface area contributed by atoms with Gasteiger partial charge in [-0.25, -0.2) is 0 Å². The maximum absolute atomic E-state index is 6.07. The molecule has 2 atom stereocenters. The van der Waals surface area contributed by atoms with E-state index in [0.29, 0.717) is 11.2 Å². The molecule has 2 saturated carbocycles. The van der Waals surface area contributed by atoms with E-state index < -0.39 is 0 Å². The Kier molecular flexibility index (Phi) is 0.722. The lowest BCUT2D eigenvalue weighted by Gasteiger charge is -2.10. The summed E-state index contributed by atoms with van der Waals surface area (Å²) >= 11 is 0. The molecule has 0 aromatic carbocycles. The minimum Gasteiger partial charge on any atom is -0.368 e. The van der Waals surface area contributed by atoms with Gasteiger partial charge in [-0.2, -0.15) is 0 Å². The van der Waals surface area contributed by atoms with Crippen molar-refractivity contribution in [3.63, 3.8) is 0 Å². The summed E-state index contributed by atoms with van der Waals surface area (Å²) in [5, 5.41) is 0. The summed E-state index contributed by atoms with van der Waals surface area (Å²) in [6.07, 6.45) is 6.75. The van der Waals surface area contributed by atoms with Gasteiger partial charge in [-0.15, -0.1) is 0 Å². The third-order valence-electron chi connectivity index (χ3n) is 3.62. The molecule has 3 aliphatic rings. The second kappa shape index (κ2) is 1.29. The van der Waals surface area contributed by atoms with Gasteiger partial charge >= 0.3 is 0 Å². The Morgan fingerprint density at radius 2 is 1.80 bits per heavy atom. The van der Waals surface area contributed by atoms with Crippen molar-refractivity contribution in [2.75, 3.05) is 0 Å². The molecule has 3 rings (SSSR count). The Labute approximate surface area is 61.8 Å². The highest BCUT2D eigenvalue weighted by Crippen LogP contribution is 2.63. The number of hydrogen-bond acceptors (Lipinski definition) is 1. The first-order valence-corrected chi connectivity index (χ1v) is 4.45. The molecule has 10 heavy (non-hydrogen) atoms. The van der Waals surface area contributed by atoms with Crippen LogP contribution in [0.4, 0.5) is 0 Å². The molecule has 1 heteroatoms. The average molecular weight is 138 g/mol. The van der Waals surface area contributed by atoms with Crippen LogP contribution in [0.15, 0.2) is 0 Å². The van der Waals surface area contributed by atoms with Crippen LogP contribution in [0.1, 0.15) is 39.0 Å². The number of rotatable bonds is 0. The van der Waals surface area contributed by atoms with Gasteiger partial charge in [-0.05, 0) is 38.0 Å². The molecular weight excluding hydrogens is 124 g/mol. The van der Waals surface area contributed by atoms with E-state index in [1.807, 2.05) is 0 Å². The van der Waals surface area contributed by atoms with Crippen LogP contribution in [0.5, 0.6) is 0 Å². The Bertz CT molecular complexity index is 183. The Morgan fingerprint density at radius 3 is 2.10 bits per heavy atom. The fourth-order valence-corrected chi connectivity index (χ4v) is 2.41. The molecule has 1 nitrogen and oxygen atoms in total. The van der Waals surface area contributed by atoms with E-state index in [4.69, 9.17) is 4.74 Å². The molecule has 2 unspecified atom stereocenters. The topological polar surface area (TPSA) is 9.23 Å². The lowest BCUT2D eigenvalue weighted by Crippen LogP contribution is -2.13. The smallest absolute Gasteiger partial charge is 0.0721 e. The van der Waals surface area contributed by atoms with Gasteiger partial charge in [0.05, 0.1) is 11.2 Å². The molecule has 1 aliphatic heterocycles. The second-order valence-electron chi connectivity index (χ2n) is 4.46. The molecule has 0 aromatic heterocycles. The molecule has 0 radical (unpaired) electrons. The monoisotopic (exact) mass is 138 g/mol. The largest absolute Gasteiger partial charge is 0.368 e. The predicted octanol–water partition coefficient (Wildman–Crippen LogP) is 2.11. The van der Waals surface area contributed by atoms with Crippen LogP contribution in [-0.4, -0.2) is 11.2 Å². The summed E-state index contributed by atoms with van der Waals surface area (Å²) in [4.78, 5) is 0. The van der Waals surface area contributed by atoms with E-state index in [-0.39, 0.29) is 0 Å². The van der Waals surface area contributed by atoms with Gasteiger partial charge in [0.1, 0.15) is 0 Å². The number of hydrogen-bond donors (Lipinski definition) is 0. The van der Waals surface area contributed by atoms with Gasteiger partial charge in [-0.1, -0.05) is 6.92 Å². The molecule has 0 amide bonds. The minimum atomic E-state index is 0.399. The van der Waals surface area contributed by atoms with Gasteiger partial charge in [-0.3, -0.25) is 0 Å². The average Bonchev–Trinajstić information content (AvgIpc) is 2.68. The van der Waals surface area contributed by atoms with Crippen LogP contribution >= 0.6 is 0 Å². The zero-order valence-electron chi connectivity index (χ0n) is 6.52. The van der Waals surface area contributed by atoms with E-state index in [1.165, 1.54) is 32.1 Å². The first kappa shape index (κ1) is 5.59. The van der Waals surface area contributed by atoms with Crippen LogP contribution in [0, 0.1) is 5.92 Å². The van der Waals surface area contributed by atoms with E-state index in [0.717, 1.165) is 5.92 Å². The molecule has 0 N–H and O–H groups in total. The van der Waals surface area contributed by atoms with Gasteiger partial charge in [0.15, 0.2) is 0 Å². The fraction of sp³-hybridized carbons (Fsp3) is 1.00. The van der Waals surface area contributed by atoms with Crippen molar-refractivity contribution >= 4 is 0 Å². The second-order valence-corrected chi connectivity index (χ2v) is 4.46. The van der Waals surface area contributed by atoms with E-state index in [1.54, 1.807) is 0 Å². The predicted molar refractivity (Wildman–Crippen MR) is 38.8 cm³/mol. The standard InChI is InChI=1S/C9H14O/c1-7-6-9(7)5-4-8(10-9)2-3-8/h7H,2-6H2,1H3. The maximum atomic E-state index is 6.07. The van der Waals surface area contributed by atoms with Crippen molar-refractivity contribution in [2.24, 2.45) is 5.92 Å². The Balaban J connectivity index is 1.83. The molecule has 56 valence electrons. The third kappa shape index (κ3) is 0.531. The van der Waals surface area contributed by atoms with E-state index >= 15 is 0 Å². The third-order valence-corrected chi connectivity index (χ3v) is 3.62. The Morgan fingerprint density at radius 1 is 1.20 bits per heavy atom. The first-order chi connectivity index (χ1) is 4.75. The minimum absolute atomic E-state index is 0.399. The lowest BCUT2D eigenvalue weighted by atomic mass is 10.1. The summed E-state index contributed by atoms with van der Waals surface area (Å²) < 4.78 is 6.07. The van der Waals surface area contributed by atoms with Crippen LogP contribution in [0.25, 0.3) is 0 Å².